The lowest BCUT2D eigenvalue weighted by Gasteiger charge is -2.36. The first-order chi connectivity index (χ1) is 9.72. The Hall–Kier alpha value is -1.33. The molecular formula is C15H25N5. The molecule has 3 heterocycles. The van der Waals surface area contributed by atoms with E-state index in [-0.39, 0.29) is 0 Å². The normalized spacial score (nSPS) is 22.3. The highest BCUT2D eigenvalue weighted by Crippen LogP contribution is 2.22. The summed E-state index contributed by atoms with van der Waals surface area (Å²) in [4.78, 5) is 14.1. The van der Waals surface area contributed by atoms with Gasteiger partial charge in [0.25, 0.3) is 0 Å². The maximum Gasteiger partial charge on any atom is 0.0574 e. The van der Waals surface area contributed by atoms with Gasteiger partial charge in [0.05, 0.1) is 23.8 Å². The van der Waals surface area contributed by atoms with E-state index in [0.717, 1.165) is 52.4 Å². The van der Waals surface area contributed by atoms with E-state index in [1.807, 2.05) is 12.4 Å². The third-order valence-electron chi connectivity index (χ3n) is 4.45. The quantitative estimate of drug-likeness (QED) is 0.787. The number of anilines is 2. The molecule has 0 amide bonds. The number of rotatable bonds is 2. The fraction of sp³-hybridized carbons (Fsp3) is 0.667. The van der Waals surface area contributed by atoms with E-state index in [4.69, 9.17) is 0 Å². The van der Waals surface area contributed by atoms with E-state index in [1.54, 1.807) is 0 Å². The van der Waals surface area contributed by atoms with Crippen LogP contribution >= 0.6 is 0 Å². The second-order valence-electron chi connectivity index (χ2n) is 5.98. The Morgan fingerprint density at radius 2 is 1.10 bits per heavy atom. The highest BCUT2D eigenvalue weighted by atomic mass is 15.3. The minimum Gasteiger partial charge on any atom is -0.368 e. The first kappa shape index (κ1) is 13.6. The molecule has 2 fully saturated rings. The number of likely N-dealkylation sites (N-methyl/N-ethyl adjacent to an activating group) is 2. The lowest BCUT2D eigenvalue weighted by Crippen LogP contribution is -2.45. The van der Waals surface area contributed by atoms with Gasteiger partial charge in [-0.05, 0) is 20.2 Å². The molecule has 0 saturated carbocycles. The van der Waals surface area contributed by atoms with Crippen molar-refractivity contribution in [3.05, 3.63) is 18.5 Å². The van der Waals surface area contributed by atoms with Gasteiger partial charge in [0.1, 0.15) is 0 Å². The zero-order valence-corrected chi connectivity index (χ0v) is 12.6. The molecular weight excluding hydrogens is 250 g/mol. The summed E-state index contributed by atoms with van der Waals surface area (Å²) in [5.74, 6) is 0. The number of aromatic nitrogens is 1. The van der Waals surface area contributed by atoms with Gasteiger partial charge >= 0.3 is 0 Å². The summed E-state index contributed by atoms with van der Waals surface area (Å²) in [6.45, 7) is 8.96. The lowest BCUT2D eigenvalue weighted by atomic mass is 10.2. The molecule has 110 valence electrons. The van der Waals surface area contributed by atoms with Gasteiger partial charge < -0.3 is 19.6 Å². The Balaban J connectivity index is 1.69. The monoisotopic (exact) mass is 275 g/mol. The van der Waals surface area contributed by atoms with Crippen LogP contribution in [-0.4, -0.2) is 81.2 Å². The van der Waals surface area contributed by atoms with Gasteiger partial charge in [0.15, 0.2) is 0 Å². The SMILES string of the molecule is CN1CCN(c2cncc(N3CCN(C)CC3)c2)CC1. The Kier molecular flexibility index (Phi) is 4.08. The van der Waals surface area contributed by atoms with Crippen molar-refractivity contribution in [3.8, 4) is 0 Å². The number of nitrogens with zero attached hydrogens (tertiary/aromatic N) is 5. The number of hydrogen-bond donors (Lipinski definition) is 0. The van der Waals surface area contributed by atoms with Gasteiger partial charge in [-0.15, -0.1) is 0 Å². The minimum absolute atomic E-state index is 1.10. The summed E-state index contributed by atoms with van der Waals surface area (Å²) in [6, 6.07) is 2.31. The predicted molar refractivity (Wildman–Crippen MR) is 83.7 cm³/mol. The highest BCUT2D eigenvalue weighted by Gasteiger charge is 2.18. The molecule has 5 heteroatoms. The molecule has 5 nitrogen and oxygen atoms in total. The second-order valence-corrected chi connectivity index (χ2v) is 5.98. The fourth-order valence-electron chi connectivity index (χ4n) is 2.89. The fourth-order valence-corrected chi connectivity index (χ4v) is 2.89. The van der Waals surface area contributed by atoms with Gasteiger partial charge in [0.2, 0.25) is 0 Å². The Bertz CT molecular complexity index is 396. The lowest BCUT2D eigenvalue weighted by molar-refractivity contribution is 0.311. The maximum absolute atomic E-state index is 4.46. The molecule has 1 aromatic heterocycles. The third-order valence-corrected chi connectivity index (χ3v) is 4.45. The van der Waals surface area contributed by atoms with Gasteiger partial charge in [-0.3, -0.25) is 4.98 Å². The zero-order chi connectivity index (χ0) is 13.9. The topological polar surface area (TPSA) is 25.9 Å². The van der Waals surface area contributed by atoms with E-state index < -0.39 is 0 Å². The van der Waals surface area contributed by atoms with E-state index in [0.29, 0.717) is 0 Å². The molecule has 0 aliphatic carbocycles. The summed E-state index contributed by atoms with van der Waals surface area (Å²) in [7, 11) is 4.38. The van der Waals surface area contributed by atoms with Crippen LogP contribution in [0.4, 0.5) is 11.4 Å². The van der Waals surface area contributed by atoms with Crippen molar-refractivity contribution in [2.75, 3.05) is 76.3 Å². The Labute approximate surface area is 121 Å². The first-order valence-corrected chi connectivity index (χ1v) is 7.54. The zero-order valence-electron chi connectivity index (χ0n) is 12.6. The average molecular weight is 275 g/mol. The van der Waals surface area contributed by atoms with Crippen molar-refractivity contribution < 1.29 is 0 Å². The maximum atomic E-state index is 4.46. The minimum atomic E-state index is 1.10. The van der Waals surface area contributed by atoms with Crippen LogP contribution in [0.15, 0.2) is 18.5 Å². The number of pyridine rings is 1. The average Bonchev–Trinajstić information content (AvgIpc) is 2.49. The molecule has 0 spiro atoms. The Morgan fingerprint density at radius 1 is 0.700 bits per heavy atom. The van der Waals surface area contributed by atoms with Gasteiger partial charge in [-0.25, -0.2) is 0 Å². The van der Waals surface area contributed by atoms with Gasteiger partial charge in [0, 0.05) is 52.4 Å². The molecule has 0 radical (unpaired) electrons. The van der Waals surface area contributed by atoms with E-state index in [2.05, 4.69) is 44.7 Å². The molecule has 0 atom stereocenters. The molecule has 2 aliphatic rings. The molecule has 1 aromatic rings. The van der Waals surface area contributed by atoms with Crippen molar-refractivity contribution in [2.24, 2.45) is 0 Å². The third kappa shape index (κ3) is 3.04. The molecule has 0 bridgehead atoms. The summed E-state index contributed by atoms with van der Waals surface area (Å²) >= 11 is 0. The first-order valence-electron chi connectivity index (χ1n) is 7.54. The van der Waals surface area contributed by atoms with Crippen LogP contribution in [0, 0.1) is 0 Å². The Morgan fingerprint density at radius 3 is 1.50 bits per heavy atom. The van der Waals surface area contributed by atoms with Crippen LogP contribution in [0.5, 0.6) is 0 Å². The summed E-state index contributed by atoms with van der Waals surface area (Å²) in [5.41, 5.74) is 2.55. The number of piperazine rings is 2. The number of hydrogen-bond acceptors (Lipinski definition) is 5. The molecule has 2 aliphatic heterocycles. The van der Waals surface area contributed by atoms with Gasteiger partial charge in [-0.1, -0.05) is 0 Å². The van der Waals surface area contributed by atoms with Crippen molar-refractivity contribution in [2.45, 2.75) is 0 Å². The van der Waals surface area contributed by atoms with E-state index in [1.165, 1.54) is 11.4 Å². The smallest absolute Gasteiger partial charge is 0.0574 e. The van der Waals surface area contributed by atoms with Crippen LogP contribution in [-0.2, 0) is 0 Å². The summed E-state index contributed by atoms with van der Waals surface area (Å²) < 4.78 is 0. The molecule has 3 rings (SSSR count). The summed E-state index contributed by atoms with van der Waals surface area (Å²) in [5, 5.41) is 0. The van der Waals surface area contributed by atoms with Crippen molar-refractivity contribution >= 4 is 11.4 Å². The molecule has 0 N–H and O–H groups in total. The van der Waals surface area contributed by atoms with E-state index >= 15 is 0 Å². The predicted octanol–water partition coefficient (Wildman–Crippen LogP) is 0.585. The van der Waals surface area contributed by atoms with Crippen LogP contribution in [0.3, 0.4) is 0 Å². The van der Waals surface area contributed by atoms with E-state index in [9.17, 15) is 0 Å². The van der Waals surface area contributed by atoms with Gasteiger partial charge in [-0.2, -0.15) is 0 Å². The molecule has 2 saturated heterocycles. The molecule has 0 unspecified atom stereocenters. The van der Waals surface area contributed by atoms with Crippen LogP contribution in [0.25, 0.3) is 0 Å². The van der Waals surface area contributed by atoms with Crippen LogP contribution in [0.1, 0.15) is 0 Å². The summed E-state index contributed by atoms with van der Waals surface area (Å²) in [6.07, 6.45) is 4.01. The molecule has 0 aromatic carbocycles. The van der Waals surface area contributed by atoms with Crippen molar-refractivity contribution in [1.29, 1.82) is 0 Å². The van der Waals surface area contributed by atoms with Crippen LogP contribution in [0.2, 0.25) is 0 Å². The molecule has 20 heavy (non-hydrogen) atoms. The second kappa shape index (κ2) is 5.97. The van der Waals surface area contributed by atoms with Crippen molar-refractivity contribution in [3.63, 3.8) is 0 Å². The highest BCUT2D eigenvalue weighted by molar-refractivity contribution is 5.57. The van der Waals surface area contributed by atoms with Crippen LogP contribution < -0.4 is 9.80 Å². The largest absolute Gasteiger partial charge is 0.368 e. The standard InChI is InChI=1S/C15H25N5/c1-17-3-7-19(8-4-17)14-11-15(13-16-12-14)20-9-5-18(2)6-10-20/h11-13H,3-10H2,1-2H3. The van der Waals surface area contributed by atoms with Crippen molar-refractivity contribution in [1.82, 2.24) is 14.8 Å².